The summed E-state index contributed by atoms with van der Waals surface area (Å²) in [5.74, 6) is 0.177. The van der Waals surface area contributed by atoms with Crippen molar-refractivity contribution in [1.29, 1.82) is 0 Å². The Morgan fingerprint density at radius 1 is 1.00 bits per heavy atom. The molecule has 5 aromatic rings. The molecule has 2 aromatic heterocycles. The summed E-state index contributed by atoms with van der Waals surface area (Å²) in [6, 6.07) is 16.0. The van der Waals surface area contributed by atoms with Crippen LogP contribution >= 0.6 is 22.9 Å². The van der Waals surface area contributed by atoms with E-state index < -0.39 is 11.6 Å². The lowest BCUT2D eigenvalue weighted by Crippen LogP contribution is -2.44. The van der Waals surface area contributed by atoms with Gasteiger partial charge in [0, 0.05) is 54.8 Å². The van der Waals surface area contributed by atoms with Crippen LogP contribution in [0, 0.1) is 6.92 Å². The number of likely N-dealkylation sites (N-methyl/N-ethyl adjacent to an activating group) is 1. The fourth-order valence-corrected chi connectivity index (χ4v) is 6.54. The number of thiazole rings is 1. The summed E-state index contributed by atoms with van der Waals surface area (Å²) in [5.41, 5.74) is 6.03. The van der Waals surface area contributed by atoms with E-state index >= 15 is 0 Å². The number of carboxylic acid groups (broad SMARTS) is 1. The maximum Gasteiger partial charge on any atom is 0.307 e. The number of hydrogen-bond acceptors (Lipinski definition) is 7. The van der Waals surface area contributed by atoms with Crippen molar-refractivity contribution in [3.8, 4) is 21.7 Å². The Hall–Kier alpha value is -3.50. The molecule has 10 heteroatoms. The van der Waals surface area contributed by atoms with Gasteiger partial charge in [0.15, 0.2) is 5.82 Å². The van der Waals surface area contributed by atoms with E-state index in [1.54, 1.807) is 32.1 Å². The molecule has 0 bridgehead atoms. The Morgan fingerprint density at radius 2 is 1.63 bits per heavy atom. The maximum absolute atomic E-state index is 11.8. The van der Waals surface area contributed by atoms with Gasteiger partial charge >= 0.3 is 5.97 Å². The molecule has 1 aliphatic heterocycles. The summed E-state index contributed by atoms with van der Waals surface area (Å²) in [4.78, 5) is 21.5. The van der Waals surface area contributed by atoms with Crippen LogP contribution in [0.15, 0.2) is 48.5 Å². The Labute approximate surface area is 261 Å². The van der Waals surface area contributed by atoms with Crippen LogP contribution in [0.1, 0.15) is 31.9 Å². The molecular formula is C33H38ClN5O3S. The minimum atomic E-state index is -0.856. The van der Waals surface area contributed by atoms with Crippen molar-refractivity contribution in [2.75, 3.05) is 38.1 Å². The fourth-order valence-electron chi connectivity index (χ4n) is 5.28. The van der Waals surface area contributed by atoms with E-state index in [-0.39, 0.29) is 6.42 Å². The van der Waals surface area contributed by atoms with Crippen LogP contribution in [0.25, 0.3) is 42.8 Å². The molecule has 3 heterocycles. The van der Waals surface area contributed by atoms with E-state index in [2.05, 4.69) is 35.0 Å². The average Bonchev–Trinajstić information content (AvgIpc) is 3.49. The molecule has 0 amide bonds. The maximum atomic E-state index is 11.8. The Bertz CT molecular complexity index is 1770. The van der Waals surface area contributed by atoms with Gasteiger partial charge in [0.05, 0.1) is 27.8 Å². The van der Waals surface area contributed by atoms with E-state index in [4.69, 9.17) is 26.8 Å². The lowest BCUT2D eigenvalue weighted by atomic mass is 9.93. The number of aromatic nitrogens is 3. The Morgan fingerprint density at radius 3 is 2.26 bits per heavy atom. The van der Waals surface area contributed by atoms with Crippen LogP contribution in [-0.2, 0) is 18.3 Å². The molecule has 0 saturated carbocycles. The molecule has 8 nitrogen and oxygen atoms in total. The Kier molecular flexibility index (Phi) is 8.81. The minimum Gasteiger partial charge on any atom is -0.481 e. The molecule has 1 aliphatic rings. The van der Waals surface area contributed by atoms with E-state index in [0.717, 1.165) is 85.9 Å². The number of benzene rings is 3. The minimum absolute atomic E-state index is 0.0526. The van der Waals surface area contributed by atoms with Crippen molar-refractivity contribution in [2.45, 2.75) is 39.7 Å². The molecule has 0 aliphatic carbocycles. The van der Waals surface area contributed by atoms with Gasteiger partial charge in [-0.15, -0.1) is 11.3 Å². The number of aryl methyl sites for hydroxylation is 2. The third-order valence-corrected chi connectivity index (χ3v) is 8.74. The first-order valence-corrected chi connectivity index (χ1v) is 15.5. The van der Waals surface area contributed by atoms with E-state index in [9.17, 15) is 9.90 Å². The molecule has 226 valence electrons. The van der Waals surface area contributed by atoms with Crippen LogP contribution in [0.3, 0.4) is 0 Å². The fraction of sp³-hybridized carbons (Fsp3) is 0.364. The second-order valence-electron chi connectivity index (χ2n) is 12.1. The molecule has 3 aromatic carbocycles. The van der Waals surface area contributed by atoms with Crippen molar-refractivity contribution in [3.05, 3.63) is 64.7 Å². The summed E-state index contributed by atoms with van der Waals surface area (Å²) in [6.45, 7) is 11.2. The molecule has 0 unspecified atom stereocenters. The number of hydrogen-bond donors (Lipinski definition) is 2. The standard InChI is InChI=1S/C29H28ClN5O2S.C4H10O/c1-17-14-23-27(26(22(17)16-25(36)37)18-4-7-20(30)8-5-18)38-29(31-23)19-6-9-21-24(15-19)34(3)32-28(21)35-12-10-33(2)11-13-35;1-4(2,3)5/h4-9,14-15H,10-13,16H2,1-3H3,(H,36,37);5H,1-3H3. The topological polar surface area (TPSA) is 94.7 Å². The molecule has 1 saturated heterocycles. The van der Waals surface area contributed by atoms with Gasteiger partial charge in [-0.2, -0.15) is 5.10 Å². The number of aliphatic hydroxyl groups is 1. The van der Waals surface area contributed by atoms with Gasteiger partial charge in [-0.05, 0) is 81.8 Å². The van der Waals surface area contributed by atoms with Gasteiger partial charge in [0.2, 0.25) is 0 Å². The van der Waals surface area contributed by atoms with Crippen molar-refractivity contribution in [1.82, 2.24) is 19.7 Å². The summed E-state index contributed by atoms with van der Waals surface area (Å²) < 4.78 is 2.93. The number of piperazine rings is 1. The quantitative estimate of drug-likeness (QED) is 0.228. The molecule has 1 fully saturated rings. The first-order valence-electron chi connectivity index (χ1n) is 14.3. The normalized spacial score (nSPS) is 14.3. The number of anilines is 1. The van der Waals surface area contributed by atoms with Crippen LogP contribution in [0.4, 0.5) is 5.82 Å². The van der Waals surface area contributed by atoms with Crippen molar-refractivity contribution in [3.63, 3.8) is 0 Å². The highest BCUT2D eigenvalue weighted by molar-refractivity contribution is 7.22. The van der Waals surface area contributed by atoms with E-state index in [1.165, 1.54) is 0 Å². The monoisotopic (exact) mass is 619 g/mol. The highest BCUT2D eigenvalue weighted by atomic mass is 35.5. The molecule has 2 N–H and O–H groups in total. The summed E-state index contributed by atoms with van der Waals surface area (Å²) in [7, 11) is 4.15. The zero-order chi connectivity index (χ0) is 31.1. The smallest absolute Gasteiger partial charge is 0.307 e. The van der Waals surface area contributed by atoms with Gasteiger partial charge in [0.1, 0.15) is 5.01 Å². The molecular weight excluding hydrogens is 582 g/mol. The van der Waals surface area contributed by atoms with Crippen molar-refractivity contribution < 1.29 is 15.0 Å². The van der Waals surface area contributed by atoms with E-state index in [1.807, 2.05) is 49.0 Å². The number of rotatable bonds is 5. The SMILES string of the molecule is CC(C)(C)O.Cc1cc2nc(-c3ccc4c(N5CCN(C)CC5)nn(C)c4c3)sc2c(-c2ccc(Cl)cc2)c1CC(=O)O. The first-order chi connectivity index (χ1) is 20.3. The number of aliphatic carboxylic acids is 1. The summed E-state index contributed by atoms with van der Waals surface area (Å²) in [5, 5.41) is 25.7. The third kappa shape index (κ3) is 7.02. The molecule has 0 atom stereocenters. The second kappa shape index (κ2) is 12.2. The zero-order valence-electron chi connectivity index (χ0n) is 25.5. The number of carboxylic acids is 1. The predicted octanol–water partition coefficient (Wildman–Crippen LogP) is 6.63. The largest absolute Gasteiger partial charge is 0.481 e. The Balaban J connectivity index is 0.000000682. The lowest BCUT2D eigenvalue weighted by Gasteiger charge is -2.32. The van der Waals surface area contributed by atoms with Crippen LogP contribution in [0.5, 0.6) is 0 Å². The van der Waals surface area contributed by atoms with Gasteiger partial charge < -0.3 is 20.0 Å². The number of carbonyl (C=O) groups is 1. The van der Waals surface area contributed by atoms with Crippen LogP contribution in [0.2, 0.25) is 5.02 Å². The highest BCUT2D eigenvalue weighted by Crippen LogP contribution is 2.42. The van der Waals surface area contributed by atoms with Crippen LogP contribution in [-0.4, -0.2) is 74.7 Å². The predicted molar refractivity (Wildman–Crippen MR) is 178 cm³/mol. The van der Waals surface area contributed by atoms with Gasteiger partial charge in [-0.25, -0.2) is 4.98 Å². The zero-order valence-corrected chi connectivity index (χ0v) is 27.1. The highest BCUT2D eigenvalue weighted by Gasteiger charge is 2.22. The third-order valence-electron chi connectivity index (χ3n) is 7.35. The average molecular weight is 620 g/mol. The summed E-state index contributed by atoms with van der Waals surface area (Å²) in [6.07, 6.45) is -0.0526. The first kappa shape index (κ1) is 30.9. The molecule has 0 spiro atoms. The van der Waals surface area contributed by atoms with Gasteiger partial charge in [-0.1, -0.05) is 29.8 Å². The van der Waals surface area contributed by atoms with E-state index in [0.29, 0.717) is 5.02 Å². The molecule has 43 heavy (non-hydrogen) atoms. The molecule has 0 radical (unpaired) electrons. The number of nitrogens with zero attached hydrogens (tertiary/aromatic N) is 5. The second-order valence-corrected chi connectivity index (χ2v) is 13.6. The van der Waals surface area contributed by atoms with Crippen LogP contribution < -0.4 is 4.90 Å². The lowest BCUT2D eigenvalue weighted by molar-refractivity contribution is -0.136. The number of halogens is 1. The van der Waals surface area contributed by atoms with Crippen molar-refractivity contribution >= 4 is 55.8 Å². The van der Waals surface area contributed by atoms with Gasteiger partial charge in [-0.3, -0.25) is 9.48 Å². The van der Waals surface area contributed by atoms with Crippen molar-refractivity contribution in [2.24, 2.45) is 7.05 Å². The number of fused-ring (bicyclic) bond motifs is 2. The summed E-state index contributed by atoms with van der Waals surface area (Å²) >= 11 is 7.75. The molecule has 6 rings (SSSR count). The van der Waals surface area contributed by atoms with Gasteiger partial charge in [0.25, 0.3) is 0 Å².